The first-order chi connectivity index (χ1) is 28.4. The highest BCUT2D eigenvalue weighted by molar-refractivity contribution is 5.70. The van der Waals surface area contributed by atoms with Crippen LogP contribution in [0, 0.1) is 11.8 Å². The average molecular weight is 815 g/mol. The number of carboxylic acid groups (broad SMARTS) is 3. The van der Waals surface area contributed by atoms with E-state index in [2.05, 4.69) is 43.4 Å². The van der Waals surface area contributed by atoms with Gasteiger partial charge < -0.3 is 15.3 Å². The highest BCUT2D eigenvalue weighted by atomic mass is 16.4. The van der Waals surface area contributed by atoms with E-state index in [4.69, 9.17) is 10.2 Å². The summed E-state index contributed by atoms with van der Waals surface area (Å²) >= 11 is 0. The van der Waals surface area contributed by atoms with E-state index in [0.717, 1.165) is 116 Å². The molecule has 0 spiro atoms. The molecule has 6 nitrogen and oxygen atoms in total. The first kappa shape index (κ1) is 55.6. The van der Waals surface area contributed by atoms with Gasteiger partial charge in [-0.15, -0.1) is 0 Å². The quantitative estimate of drug-likeness (QED) is 0.0417. The minimum absolute atomic E-state index is 0.197. The predicted molar refractivity (Wildman–Crippen MR) is 248 cm³/mol. The molecule has 0 aromatic rings. The summed E-state index contributed by atoms with van der Waals surface area (Å²) in [5.41, 5.74) is 0. The normalized spacial score (nSPS) is 13.0. The number of hydrogen-bond donors (Lipinski definition) is 3. The van der Waals surface area contributed by atoms with Crippen molar-refractivity contribution in [3.8, 4) is 0 Å². The molecule has 0 fully saturated rings. The van der Waals surface area contributed by atoms with E-state index in [1.165, 1.54) is 128 Å². The lowest BCUT2D eigenvalue weighted by Crippen LogP contribution is -2.24. The Morgan fingerprint density at radius 2 is 0.655 bits per heavy atom. The number of aliphatic carboxylic acids is 3. The van der Waals surface area contributed by atoms with Gasteiger partial charge in [0, 0.05) is 12.8 Å². The fraction of sp³-hybridized carbons (Fsp3) is 0.827. The van der Waals surface area contributed by atoms with Crippen molar-refractivity contribution in [1.82, 2.24) is 0 Å². The molecule has 0 aliphatic heterocycles. The molecule has 0 radical (unpaired) electrons. The molecule has 0 saturated heterocycles. The van der Waals surface area contributed by atoms with Crippen molar-refractivity contribution in [2.45, 2.75) is 264 Å². The summed E-state index contributed by atoms with van der Waals surface area (Å²) in [5.74, 6) is -1.82. The summed E-state index contributed by atoms with van der Waals surface area (Å²) in [6, 6.07) is 0. The SMILES string of the molecule is CCCCCCCCCCCCCC(CCCCCCCC/C=C\CCCCCCCC(=O)O)C(CCCCC/C=C\C/C=C\CCCCCCCC(=O)O)C(=O)O. The maximum atomic E-state index is 12.6. The molecule has 0 bridgehead atoms. The maximum Gasteiger partial charge on any atom is 0.306 e. The highest BCUT2D eigenvalue weighted by Gasteiger charge is 2.27. The summed E-state index contributed by atoms with van der Waals surface area (Å²) in [6.07, 6.45) is 58.7. The molecule has 58 heavy (non-hydrogen) atoms. The lowest BCUT2D eigenvalue weighted by Gasteiger charge is -2.24. The second-order valence-electron chi connectivity index (χ2n) is 17.4. The molecule has 0 aliphatic rings. The van der Waals surface area contributed by atoms with Gasteiger partial charge in [0.1, 0.15) is 0 Å². The second kappa shape index (κ2) is 45.7. The van der Waals surface area contributed by atoms with Crippen LogP contribution in [-0.4, -0.2) is 33.2 Å². The van der Waals surface area contributed by atoms with E-state index in [1.807, 2.05) is 0 Å². The van der Waals surface area contributed by atoms with Crippen LogP contribution < -0.4 is 0 Å². The van der Waals surface area contributed by atoms with E-state index in [1.54, 1.807) is 0 Å². The van der Waals surface area contributed by atoms with Crippen LogP contribution in [0.25, 0.3) is 0 Å². The number of carboxylic acids is 3. The Kier molecular flexibility index (Phi) is 43.8. The largest absolute Gasteiger partial charge is 0.481 e. The van der Waals surface area contributed by atoms with Crippen LogP contribution in [0.1, 0.15) is 264 Å². The topological polar surface area (TPSA) is 112 Å². The number of carbonyl (C=O) groups is 3. The van der Waals surface area contributed by atoms with E-state index in [9.17, 15) is 19.5 Å². The lowest BCUT2D eigenvalue weighted by molar-refractivity contribution is -0.144. The molecular formula is C52H94O6. The molecule has 0 amide bonds. The van der Waals surface area contributed by atoms with E-state index in [0.29, 0.717) is 18.8 Å². The monoisotopic (exact) mass is 815 g/mol. The zero-order valence-electron chi connectivity index (χ0n) is 38.0. The summed E-state index contributed by atoms with van der Waals surface area (Å²) in [6.45, 7) is 2.28. The van der Waals surface area contributed by atoms with Crippen molar-refractivity contribution < 1.29 is 29.7 Å². The van der Waals surface area contributed by atoms with Crippen LogP contribution in [-0.2, 0) is 14.4 Å². The van der Waals surface area contributed by atoms with Gasteiger partial charge in [-0.25, -0.2) is 0 Å². The Morgan fingerprint density at radius 3 is 1.02 bits per heavy atom. The summed E-state index contributed by atoms with van der Waals surface area (Å²) < 4.78 is 0. The minimum Gasteiger partial charge on any atom is -0.481 e. The Labute approximate surface area is 358 Å². The molecule has 2 atom stereocenters. The van der Waals surface area contributed by atoms with Crippen molar-refractivity contribution in [1.29, 1.82) is 0 Å². The Morgan fingerprint density at radius 1 is 0.362 bits per heavy atom. The number of unbranched alkanes of at least 4 members (excludes halogenated alkanes) is 29. The molecule has 2 unspecified atom stereocenters. The maximum absolute atomic E-state index is 12.6. The summed E-state index contributed by atoms with van der Waals surface area (Å²) in [7, 11) is 0. The van der Waals surface area contributed by atoms with Crippen LogP contribution in [0.5, 0.6) is 0 Å². The number of rotatable bonds is 47. The standard InChI is InChI=1S/C52H94O6/c1-2-3-4-5-6-7-18-23-28-33-38-43-48(44-39-34-29-24-19-14-10-8-12-16-21-26-31-36-41-46-50(53)54)49(52(57)58)45-40-35-30-25-20-15-11-9-13-17-22-27-32-37-42-47-51(55)56/h8-9,12-13,15,20,48-49H,2-7,10-11,14,16-19,21-47H2,1H3,(H,53,54)(H,55,56)(H,57,58)/b12-8-,13-9-,20-15-. The Balaban J connectivity index is 4.39. The van der Waals surface area contributed by atoms with Gasteiger partial charge in [0.15, 0.2) is 0 Å². The van der Waals surface area contributed by atoms with Crippen LogP contribution in [0.15, 0.2) is 36.5 Å². The first-order valence-corrected chi connectivity index (χ1v) is 25.0. The third-order valence-corrected chi connectivity index (χ3v) is 11.9. The third kappa shape index (κ3) is 43.2. The molecule has 0 aromatic carbocycles. The van der Waals surface area contributed by atoms with Gasteiger partial charge in [0.05, 0.1) is 5.92 Å². The van der Waals surface area contributed by atoms with Gasteiger partial charge in [0.25, 0.3) is 0 Å². The van der Waals surface area contributed by atoms with Gasteiger partial charge in [0.2, 0.25) is 0 Å². The zero-order valence-corrected chi connectivity index (χ0v) is 38.0. The molecule has 0 aliphatic carbocycles. The van der Waals surface area contributed by atoms with Gasteiger partial charge in [-0.1, -0.05) is 197 Å². The second-order valence-corrected chi connectivity index (χ2v) is 17.4. The van der Waals surface area contributed by atoms with Crippen LogP contribution >= 0.6 is 0 Å². The summed E-state index contributed by atoms with van der Waals surface area (Å²) in [4.78, 5) is 33.7. The fourth-order valence-electron chi connectivity index (χ4n) is 8.24. The Hall–Kier alpha value is -2.37. The van der Waals surface area contributed by atoms with Crippen LogP contribution in [0.2, 0.25) is 0 Å². The molecule has 0 saturated carbocycles. The van der Waals surface area contributed by atoms with Crippen molar-refractivity contribution in [3.05, 3.63) is 36.5 Å². The minimum atomic E-state index is -0.690. The third-order valence-electron chi connectivity index (χ3n) is 11.9. The molecule has 0 aromatic heterocycles. The first-order valence-electron chi connectivity index (χ1n) is 25.0. The zero-order chi connectivity index (χ0) is 42.4. The smallest absolute Gasteiger partial charge is 0.306 e. The van der Waals surface area contributed by atoms with Crippen molar-refractivity contribution in [2.75, 3.05) is 0 Å². The van der Waals surface area contributed by atoms with E-state index in [-0.39, 0.29) is 5.92 Å². The molecule has 0 heterocycles. The van der Waals surface area contributed by atoms with Gasteiger partial charge >= 0.3 is 17.9 Å². The highest BCUT2D eigenvalue weighted by Crippen LogP contribution is 2.30. The van der Waals surface area contributed by atoms with E-state index >= 15 is 0 Å². The number of hydrogen-bond acceptors (Lipinski definition) is 3. The van der Waals surface area contributed by atoms with E-state index < -0.39 is 17.9 Å². The molecule has 6 heteroatoms. The van der Waals surface area contributed by atoms with Crippen molar-refractivity contribution in [2.24, 2.45) is 11.8 Å². The van der Waals surface area contributed by atoms with Gasteiger partial charge in [-0.3, -0.25) is 14.4 Å². The van der Waals surface area contributed by atoms with Gasteiger partial charge in [-0.05, 0) is 95.8 Å². The number of allylic oxidation sites excluding steroid dienone is 6. The van der Waals surface area contributed by atoms with Crippen LogP contribution in [0.3, 0.4) is 0 Å². The lowest BCUT2D eigenvalue weighted by atomic mass is 9.80. The summed E-state index contributed by atoms with van der Waals surface area (Å²) in [5, 5.41) is 27.8. The van der Waals surface area contributed by atoms with Crippen molar-refractivity contribution in [3.63, 3.8) is 0 Å². The molecule has 3 N–H and O–H groups in total. The van der Waals surface area contributed by atoms with Gasteiger partial charge in [-0.2, -0.15) is 0 Å². The average Bonchev–Trinajstić information content (AvgIpc) is 3.19. The molecule has 0 rings (SSSR count). The fourth-order valence-corrected chi connectivity index (χ4v) is 8.24. The Bertz CT molecular complexity index is 1000. The molecule has 338 valence electrons. The molecular weight excluding hydrogens is 721 g/mol. The van der Waals surface area contributed by atoms with Crippen molar-refractivity contribution >= 4 is 17.9 Å². The van der Waals surface area contributed by atoms with Crippen LogP contribution in [0.4, 0.5) is 0 Å². The predicted octanol–water partition coefficient (Wildman–Crippen LogP) is 16.8.